The van der Waals surface area contributed by atoms with Crippen LogP contribution in [-0.4, -0.2) is 48.6 Å². The number of carbonyl (C=O) groups is 2. The molecule has 23 heavy (non-hydrogen) atoms. The Bertz CT molecular complexity index is 500. The predicted molar refractivity (Wildman–Crippen MR) is 87.8 cm³/mol. The van der Waals surface area contributed by atoms with Gasteiger partial charge >= 0.3 is 0 Å². The molecule has 0 aromatic carbocycles. The van der Waals surface area contributed by atoms with Gasteiger partial charge in [-0.05, 0) is 39.0 Å². The fourth-order valence-corrected chi connectivity index (χ4v) is 3.99. The molecule has 0 aromatic heterocycles. The van der Waals surface area contributed by atoms with E-state index in [-0.39, 0.29) is 40.7 Å². The van der Waals surface area contributed by atoms with Gasteiger partial charge in [0.2, 0.25) is 11.8 Å². The molecule has 1 aliphatic heterocycles. The van der Waals surface area contributed by atoms with E-state index in [4.69, 9.17) is 4.74 Å². The average Bonchev–Trinajstić information content (AvgIpc) is 3.38. The van der Waals surface area contributed by atoms with Crippen molar-refractivity contribution in [3.8, 4) is 0 Å². The molecule has 3 rings (SSSR count). The first kappa shape index (κ1) is 16.7. The Morgan fingerprint density at radius 1 is 1.13 bits per heavy atom. The summed E-state index contributed by atoms with van der Waals surface area (Å²) >= 11 is 0. The van der Waals surface area contributed by atoms with Crippen molar-refractivity contribution in [2.45, 2.75) is 64.5 Å². The van der Waals surface area contributed by atoms with Crippen molar-refractivity contribution < 1.29 is 14.3 Å². The zero-order valence-electron chi connectivity index (χ0n) is 14.9. The predicted octanol–water partition coefficient (Wildman–Crippen LogP) is 1.95. The van der Waals surface area contributed by atoms with Crippen LogP contribution in [0.5, 0.6) is 0 Å². The van der Waals surface area contributed by atoms with Crippen molar-refractivity contribution in [1.82, 2.24) is 10.2 Å². The minimum Gasteiger partial charge on any atom is -0.378 e. The topological polar surface area (TPSA) is 58.6 Å². The van der Waals surface area contributed by atoms with Crippen molar-refractivity contribution in [3.05, 3.63) is 0 Å². The molecule has 1 saturated heterocycles. The summed E-state index contributed by atoms with van der Waals surface area (Å²) < 4.78 is 5.62. The highest BCUT2D eigenvalue weighted by atomic mass is 16.5. The Morgan fingerprint density at radius 3 is 2.39 bits per heavy atom. The van der Waals surface area contributed by atoms with Crippen molar-refractivity contribution in [3.63, 3.8) is 0 Å². The van der Waals surface area contributed by atoms with Crippen molar-refractivity contribution in [2.24, 2.45) is 17.3 Å². The van der Waals surface area contributed by atoms with E-state index in [2.05, 4.69) is 26.1 Å². The molecule has 0 bridgehead atoms. The number of hydrogen-bond acceptors (Lipinski definition) is 3. The smallest absolute Gasteiger partial charge is 0.225 e. The van der Waals surface area contributed by atoms with Crippen LogP contribution in [0.4, 0.5) is 0 Å². The number of rotatable bonds is 4. The summed E-state index contributed by atoms with van der Waals surface area (Å²) in [6, 6.07) is 0.148. The van der Waals surface area contributed by atoms with E-state index in [9.17, 15) is 9.59 Å². The zero-order valence-corrected chi connectivity index (χ0v) is 14.9. The van der Waals surface area contributed by atoms with Crippen LogP contribution in [0, 0.1) is 17.3 Å². The molecule has 0 aromatic rings. The number of nitrogens with one attached hydrogen (secondary N) is 1. The van der Waals surface area contributed by atoms with Crippen molar-refractivity contribution >= 4 is 11.8 Å². The third-order valence-electron chi connectivity index (χ3n) is 6.63. The molecule has 3 fully saturated rings. The van der Waals surface area contributed by atoms with Crippen LogP contribution in [0.1, 0.15) is 52.9 Å². The fourth-order valence-electron chi connectivity index (χ4n) is 3.99. The van der Waals surface area contributed by atoms with Gasteiger partial charge in [-0.3, -0.25) is 9.59 Å². The lowest BCUT2D eigenvalue weighted by molar-refractivity contribution is -0.183. The summed E-state index contributed by atoms with van der Waals surface area (Å²) in [6.07, 6.45) is 4.71. The molecule has 3 aliphatic rings. The Hall–Kier alpha value is -1.10. The number of amides is 2. The standard InChI is InChI=1S/C18H30N2O3/c1-17(2)14(10-18(17,3)23-4)19-15(21)13-6-5-9-20(11-13)16(22)12-7-8-12/h12-14H,5-11H2,1-4H3,(H,19,21)/t13-,14+,18-/m1/s1. The van der Waals surface area contributed by atoms with E-state index in [1.54, 1.807) is 7.11 Å². The number of nitrogens with zero attached hydrogens (tertiary/aromatic N) is 1. The van der Waals surface area contributed by atoms with Gasteiger partial charge in [-0.2, -0.15) is 0 Å². The maximum absolute atomic E-state index is 12.7. The molecule has 130 valence electrons. The largest absolute Gasteiger partial charge is 0.378 e. The summed E-state index contributed by atoms with van der Waals surface area (Å²) in [6.45, 7) is 7.81. The number of hydrogen-bond donors (Lipinski definition) is 1. The maximum atomic E-state index is 12.7. The fraction of sp³-hybridized carbons (Fsp3) is 0.889. The normalized spacial score (nSPS) is 36.3. The number of carbonyl (C=O) groups excluding carboxylic acids is 2. The van der Waals surface area contributed by atoms with E-state index in [1.165, 1.54) is 0 Å². The SMILES string of the molecule is CO[C@]1(C)C[C@H](NC(=O)[C@@H]2CCCN(C(=O)C3CC3)C2)C1(C)C. The van der Waals surface area contributed by atoms with Gasteiger partial charge < -0.3 is 15.0 Å². The second-order valence-corrected chi connectivity index (χ2v) is 8.32. The molecule has 0 radical (unpaired) electrons. The van der Waals surface area contributed by atoms with E-state index in [1.807, 2.05) is 4.90 Å². The highest BCUT2D eigenvalue weighted by Gasteiger charge is 2.58. The number of methoxy groups -OCH3 is 1. The first-order valence-corrected chi connectivity index (χ1v) is 8.93. The van der Waals surface area contributed by atoms with Crippen LogP contribution in [0.3, 0.4) is 0 Å². The van der Waals surface area contributed by atoms with Gasteiger partial charge in [-0.1, -0.05) is 13.8 Å². The Morgan fingerprint density at radius 2 is 1.83 bits per heavy atom. The van der Waals surface area contributed by atoms with Gasteiger partial charge in [0.05, 0.1) is 11.5 Å². The highest BCUT2D eigenvalue weighted by Crippen LogP contribution is 2.51. The first-order valence-electron chi connectivity index (χ1n) is 8.93. The maximum Gasteiger partial charge on any atom is 0.225 e. The summed E-state index contributed by atoms with van der Waals surface area (Å²) in [4.78, 5) is 26.8. The number of piperidine rings is 1. The number of likely N-dealkylation sites (tertiary alicyclic amines) is 1. The lowest BCUT2D eigenvalue weighted by atomic mass is 9.55. The molecule has 2 amide bonds. The van der Waals surface area contributed by atoms with E-state index in [0.717, 1.165) is 38.6 Å². The van der Waals surface area contributed by atoms with Gasteiger partial charge in [0.25, 0.3) is 0 Å². The van der Waals surface area contributed by atoms with Gasteiger partial charge in [-0.25, -0.2) is 0 Å². The average molecular weight is 322 g/mol. The van der Waals surface area contributed by atoms with Gasteiger partial charge in [0.15, 0.2) is 0 Å². The summed E-state index contributed by atoms with van der Waals surface area (Å²) in [7, 11) is 1.74. The minimum atomic E-state index is -0.175. The van der Waals surface area contributed by atoms with Crippen LogP contribution in [0.15, 0.2) is 0 Å². The Labute approximate surface area is 139 Å². The zero-order chi connectivity index (χ0) is 16.8. The molecular weight excluding hydrogens is 292 g/mol. The van der Waals surface area contributed by atoms with Crippen LogP contribution in [-0.2, 0) is 14.3 Å². The van der Waals surface area contributed by atoms with Crippen LogP contribution in [0.2, 0.25) is 0 Å². The van der Waals surface area contributed by atoms with E-state index < -0.39 is 0 Å². The second-order valence-electron chi connectivity index (χ2n) is 8.32. The van der Waals surface area contributed by atoms with Gasteiger partial charge in [0.1, 0.15) is 0 Å². The van der Waals surface area contributed by atoms with Crippen LogP contribution < -0.4 is 5.32 Å². The first-order chi connectivity index (χ1) is 10.8. The van der Waals surface area contributed by atoms with Crippen molar-refractivity contribution in [1.29, 1.82) is 0 Å². The second kappa shape index (κ2) is 5.76. The lowest BCUT2D eigenvalue weighted by Gasteiger charge is -2.59. The highest BCUT2D eigenvalue weighted by molar-refractivity contribution is 5.83. The molecule has 3 atom stereocenters. The molecular formula is C18H30N2O3. The third-order valence-corrected chi connectivity index (χ3v) is 6.63. The summed E-state index contributed by atoms with van der Waals surface area (Å²) in [5.74, 6) is 0.550. The Kier molecular flexibility index (Phi) is 4.20. The molecule has 1 N–H and O–H groups in total. The summed E-state index contributed by atoms with van der Waals surface area (Å²) in [5, 5.41) is 3.21. The van der Waals surface area contributed by atoms with Crippen LogP contribution >= 0.6 is 0 Å². The molecule has 0 spiro atoms. The third kappa shape index (κ3) is 2.88. The lowest BCUT2D eigenvalue weighted by Crippen LogP contribution is -2.69. The molecule has 0 unspecified atom stereocenters. The Balaban J connectivity index is 1.55. The summed E-state index contributed by atoms with van der Waals surface area (Å²) in [5.41, 5.74) is -0.249. The molecule has 5 nitrogen and oxygen atoms in total. The van der Waals surface area contributed by atoms with Gasteiger partial charge in [0, 0.05) is 37.6 Å². The van der Waals surface area contributed by atoms with E-state index in [0.29, 0.717) is 6.54 Å². The van der Waals surface area contributed by atoms with E-state index >= 15 is 0 Å². The molecule has 2 saturated carbocycles. The van der Waals surface area contributed by atoms with Gasteiger partial charge in [-0.15, -0.1) is 0 Å². The monoisotopic (exact) mass is 322 g/mol. The number of ether oxygens (including phenoxy) is 1. The quantitative estimate of drug-likeness (QED) is 0.861. The van der Waals surface area contributed by atoms with Crippen LogP contribution in [0.25, 0.3) is 0 Å². The minimum absolute atomic E-state index is 0.0587. The molecule has 1 heterocycles. The molecule has 2 aliphatic carbocycles. The molecule has 5 heteroatoms. The van der Waals surface area contributed by atoms with Crippen molar-refractivity contribution in [2.75, 3.05) is 20.2 Å².